The zero-order valence-electron chi connectivity index (χ0n) is 13.2. The molecule has 0 aliphatic heterocycles. The molecule has 2 aromatic rings. The van der Waals surface area contributed by atoms with E-state index in [0.717, 1.165) is 10.9 Å². The summed E-state index contributed by atoms with van der Waals surface area (Å²) >= 11 is 0. The molecule has 0 unspecified atom stereocenters. The third-order valence-electron chi connectivity index (χ3n) is 4.16. The SMILES string of the molecule is CC(C)C(CNC(=O)c1c[nH]c2ccc(N)cc12)C(C)C. The molecule has 114 valence electrons. The third-order valence-corrected chi connectivity index (χ3v) is 4.16. The number of H-pyrrole nitrogens is 1. The lowest BCUT2D eigenvalue weighted by Crippen LogP contribution is -2.33. The van der Waals surface area contributed by atoms with Crippen molar-refractivity contribution >= 4 is 22.5 Å². The van der Waals surface area contributed by atoms with Crippen LogP contribution in [0, 0.1) is 17.8 Å². The van der Waals surface area contributed by atoms with Crippen molar-refractivity contribution in [2.45, 2.75) is 27.7 Å². The Bertz CT molecular complexity index is 620. The summed E-state index contributed by atoms with van der Waals surface area (Å²) in [6.45, 7) is 9.49. The molecule has 1 amide bonds. The van der Waals surface area contributed by atoms with E-state index < -0.39 is 0 Å². The minimum absolute atomic E-state index is 0.0434. The number of nitrogens with two attached hydrogens (primary N) is 1. The fourth-order valence-corrected chi connectivity index (χ4v) is 2.87. The number of rotatable bonds is 5. The summed E-state index contributed by atoms with van der Waals surface area (Å²) in [7, 11) is 0. The molecule has 0 saturated carbocycles. The maximum absolute atomic E-state index is 12.4. The Morgan fingerprint density at radius 2 is 1.90 bits per heavy atom. The summed E-state index contributed by atoms with van der Waals surface area (Å²) in [5.74, 6) is 1.52. The van der Waals surface area contributed by atoms with Gasteiger partial charge in [-0.3, -0.25) is 4.79 Å². The maximum Gasteiger partial charge on any atom is 0.253 e. The summed E-state index contributed by atoms with van der Waals surface area (Å²) < 4.78 is 0. The van der Waals surface area contributed by atoms with Gasteiger partial charge in [0.2, 0.25) is 0 Å². The maximum atomic E-state index is 12.4. The smallest absolute Gasteiger partial charge is 0.253 e. The number of hydrogen-bond donors (Lipinski definition) is 3. The molecule has 0 bridgehead atoms. The molecule has 4 nitrogen and oxygen atoms in total. The van der Waals surface area contributed by atoms with Crippen LogP contribution >= 0.6 is 0 Å². The van der Waals surface area contributed by atoms with Gasteiger partial charge in [-0.15, -0.1) is 0 Å². The first-order chi connectivity index (χ1) is 9.90. The number of hydrogen-bond acceptors (Lipinski definition) is 2. The van der Waals surface area contributed by atoms with Crippen LogP contribution in [0.3, 0.4) is 0 Å². The molecular weight excluding hydrogens is 262 g/mol. The van der Waals surface area contributed by atoms with Gasteiger partial charge in [0.05, 0.1) is 5.56 Å². The standard InChI is InChI=1S/C17H25N3O/c1-10(2)14(11(3)4)8-20-17(21)15-9-19-16-6-5-12(18)7-13(15)16/h5-7,9-11,14,19H,8,18H2,1-4H3,(H,20,21). The molecule has 1 heterocycles. The van der Waals surface area contributed by atoms with Crippen molar-refractivity contribution < 1.29 is 4.79 Å². The Hall–Kier alpha value is -1.97. The minimum atomic E-state index is -0.0434. The average molecular weight is 287 g/mol. The number of aromatic nitrogens is 1. The highest BCUT2D eigenvalue weighted by atomic mass is 16.1. The quantitative estimate of drug-likeness (QED) is 0.737. The van der Waals surface area contributed by atoms with Crippen LogP contribution in [0.1, 0.15) is 38.1 Å². The minimum Gasteiger partial charge on any atom is -0.399 e. The second-order valence-electron chi connectivity index (χ2n) is 6.37. The van der Waals surface area contributed by atoms with Gasteiger partial charge < -0.3 is 16.0 Å². The molecule has 2 rings (SSSR count). The van der Waals surface area contributed by atoms with Crippen molar-refractivity contribution in [2.75, 3.05) is 12.3 Å². The van der Waals surface area contributed by atoms with E-state index >= 15 is 0 Å². The lowest BCUT2D eigenvalue weighted by Gasteiger charge is -2.25. The first kappa shape index (κ1) is 15.4. The normalized spacial score (nSPS) is 11.8. The van der Waals surface area contributed by atoms with Crippen LogP contribution in [-0.4, -0.2) is 17.4 Å². The average Bonchev–Trinajstić information content (AvgIpc) is 2.80. The van der Waals surface area contributed by atoms with Gasteiger partial charge in [0.25, 0.3) is 5.91 Å². The van der Waals surface area contributed by atoms with Crippen LogP contribution in [0.25, 0.3) is 10.9 Å². The van der Waals surface area contributed by atoms with Crippen molar-refractivity contribution in [2.24, 2.45) is 17.8 Å². The Labute approximate surface area is 126 Å². The molecule has 0 atom stereocenters. The molecule has 0 aliphatic rings. The van der Waals surface area contributed by atoms with Gasteiger partial charge in [-0.2, -0.15) is 0 Å². The van der Waals surface area contributed by atoms with Crippen molar-refractivity contribution in [3.8, 4) is 0 Å². The van der Waals surface area contributed by atoms with Crippen molar-refractivity contribution in [3.63, 3.8) is 0 Å². The molecule has 4 N–H and O–H groups in total. The summed E-state index contributed by atoms with van der Waals surface area (Å²) in [4.78, 5) is 15.5. The van der Waals surface area contributed by atoms with E-state index in [4.69, 9.17) is 5.73 Å². The zero-order chi connectivity index (χ0) is 15.6. The second kappa shape index (κ2) is 6.20. The van der Waals surface area contributed by atoms with Crippen LogP contribution in [0.4, 0.5) is 5.69 Å². The molecule has 4 heteroatoms. The monoisotopic (exact) mass is 287 g/mol. The molecular formula is C17H25N3O. The van der Waals surface area contributed by atoms with Crippen LogP contribution < -0.4 is 11.1 Å². The number of anilines is 1. The number of amides is 1. The first-order valence-electron chi connectivity index (χ1n) is 7.55. The van der Waals surface area contributed by atoms with Crippen LogP contribution in [0.2, 0.25) is 0 Å². The summed E-state index contributed by atoms with van der Waals surface area (Å²) in [6, 6.07) is 5.56. The molecule has 0 fully saturated rings. The van der Waals surface area contributed by atoms with Crippen LogP contribution in [0.5, 0.6) is 0 Å². The van der Waals surface area contributed by atoms with Crippen LogP contribution in [0.15, 0.2) is 24.4 Å². The fraction of sp³-hybridized carbons (Fsp3) is 0.471. The highest BCUT2D eigenvalue weighted by Gasteiger charge is 2.19. The Morgan fingerprint density at radius 3 is 2.52 bits per heavy atom. The zero-order valence-corrected chi connectivity index (χ0v) is 13.2. The number of carbonyl (C=O) groups excluding carboxylic acids is 1. The van der Waals surface area contributed by atoms with E-state index in [9.17, 15) is 4.79 Å². The van der Waals surface area contributed by atoms with Gasteiger partial charge in [-0.1, -0.05) is 27.7 Å². The Balaban J connectivity index is 2.14. The van der Waals surface area contributed by atoms with E-state index in [-0.39, 0.29) is 5.91 Å². The number of aromatic amines is 1. The number of fused-ring (bicyclic) bond motifs is 1. The van der Waals surface area contributed by atoms with E-state index in [0.29, 0.717) is 35.5 Å². The summed E-state index contributed by atoms with van der Waals surface area (Å²) in [6.07, 6.45) is 1.75. The van der Waals surface area contributed by atoms with E-state index in [1.807, 2.05) is 18.2 Å². The molecule has 1 aromatic heterocycles. The van der Waals surface area contributed by atoms with Gasteiger partial charge in [0.1, 0.15) is 0 Å². The topological polar surface area (TPSA) is 70.9 Å². The van der Waals surface area contributed by atoms with E-state index in [2.05, 4.69) is 38.0 Å². The lowest BCUT2D eigenvalue weighted by atomic mass is 9.85. The highest BCUT2D eigenvalue weighted by molar-refractivity contribution is 6.07. The fourth-order valence-electron chi connectivity index (χ4n) is 2.87. The summed E-state index contributed by atoms with van der Waals surface area (Å²) in [5, 5.41) is 3.93. The van der Waals surface area contributed by atoms with E-state index in [1.165, 1.54) is 0 Å². The number of nitrogen functional groups attached to an aromatic ring is 1. The van der Waals surface area contributed by atoms with Gasteiger partial charge in [-0.25, -0.2) is 0 Å². The lowest BCUT2D eigenvalue weighted by molar-refractivity contribution is 0.0939. The van der Waals surface area contributed by atoms with Gasteiger partial charge >= 0.3 is 0 Å². The third kappa shape index (κ3) is 3.38. The highest BCUT2D eigenvalue weighted by Crippen LogP contribution is 2.22. The molecule has 0 radical (unpaired) electrons. The van der Waals surface area contributed by atoms with Crippen LogP contribution in [-0.2, 0) is 0 Å². The molecule has 0 saturated heterocycles. The summed E-state index contributed by atoms with van der Waals surface area (Å²) in [5.41, 5.74) is 8.06. The Morgan fingerprint density at radius 1 is 1.24 bits per heavy atom. The second-order valence-corrected chi connectivity index (χ2v) is 6.37. The largest absolute Gasteiger partial charge is 0.399 e. The number of carbonyl (C=O) groups is 1. The predicted octanol–water partition coefficient (Wildman–Crippen LogP) is 3.41. The van der Waals surface area contributed by atoms with Crippen molar-refractivity contribution in [3.05, 3.63) is 30.0 Å². The Kier molecular flexibility index (Phi) is 4.56. The molecule has 0 spiro atoms. The van der Waals surface area contributed by atoms with Crippen molar-refractivity contribution in [1.29, 1.82) is 0 Å². The number of nitrogens with one attached hydrogen (secondary N) is 2. The van der Waals surface area contributed by atoms with E-state index in [1.54, 1.807) is 6.20 Å². The first-order valence-corrected chi connectivity index (χ1v) is 7.55. The van der Waals surface area contributed by atoms with Gasteiger partial charge in [0.15, 0.2) is 0 Å². The van der Waals surface area contributed by atoms with Gasteiger partial charge in [-0.05, 0) is 36.0 Å². The molecule has 21 heavy (non-hydrogen) atoms. The molecule has 1 aromatic carbocycles. The van der Waals surface area contributed by atoms with Crippen molar-refractivity contribution in [1.82, 2.24) is 10.3 Å². The van der Waals surface area contributed by atoms with Gasteiger partial charge in [0, 0.05) is 29.3 Å². The molecule has 0 aliphatic carbocycles. The predicted molar refractivity (Wildman–Crippen MR) is 88.2 cm³/mol. The number of benzene rings is 1.